The third kappa shape index (κ3) is 3.36. The number of rotatable bonds is 5. The summed E-state index contributed by atoms with van der Waals surface area (Å²) in [6.45, 7) is 1.04. The molecule has 3 aromatic heterocycles. The number of hydrogen-bond acceptors (Lipinski definition) is 5. The maximum Gasteiger partial charge on any atom is 0.272 e. The number of thiophene rings is 1. The first-order chi connectivity index (χ1) is 12.7. The lowest BCUT2D eigenvalue weighted by molar-refractivity contribution is -0.117. The Morgan fingerprint density at radius 1 is 1.35 bits per heavy atom. The Morgan fingerprint density at radius 3 is 3.04 bits per heavy atom. The van der Waals surface area contributed by atoms with Gasteiger partial charge in [0, 0.05) is 25.7 Å². The van der Waals surface area contributed by atoms with E-state index in [-0.39, 0.29) is 11.8 Å². The highest BCUT2D eigenvalue weighted by atomic mass is 32.1. The van der Waals surface area contributed by atoms with Crippen molar-refractivity contribution in [2.45, 2.75) is 19.4 Å². The van der Waals surface area contributed by atoms with Gasteiger partial charge in [-0.05, 0) is 35.6 Å². The summed E-state index contributed by atoms with van der Waals surface area (Å²) in [7, 11) is 0. The van der Waals surface area contributed by atoms with Gasteiger partial charge in [-0.15, -0.1) is 11.3 Å². The highest BCUT2D eigenvalue weighted by Gasteiger charge is 2.22. The van der Waals surface area contributed by atoms with Gasteiger partial charge in [-0.1, -0.05) is 6.07 Å². The predicted molar refractivity (Wildman–Crippen MR) is 98.9 cm³/mol. The molecule has 132 valence electrons. The minimum absolute atomic E-state index is 0.116. The molecular weight excluding hydrogens is 350 g/mol. The number of nitrogens with zero attached hydrogens (tertiary/aromatic N) is 3. The van der Waals surface area contributed by atoms with Crippen molar-refractivity contribution in [3.8, 4) is 10.6 Å². The lowest BCUT2D eigenvalue weighted by Crippen LogP contribution is -2.25. The average Bonchev–Trinajstić information content (AvgIpc) is 3.40. The maximum absolute atomic E-state index is 12.3. The molecule has 0 aliphatic carbocycles. The Balaban J connectivity index is 1.41. The first-order valence-corrected chi connectivity index (χ1v) is 9.20. The highest BCUT2D eigenvalue weighted by molar-refractivity contribution is 7.13. The number of pyridine rings is 1. The molecule has 7 nitrogen and oxygen atoms in total. The predicted octanol–water partition coefficient (Wildman–Crippen LogP) is 2.59. The number of carbonyl (C=O) groups is 2. The number of hydrogen-bond donors (Lipinski definition) is 2. The number of aromatic amines is 1. The molecule has 1 aliphatic rings. The fourth-order valence-electron chi connectivity index (χ4n) is 2.91. The molecule has 0 saturated carbocycles. The zero-order valence-corrected chi connectivity index (χ0v) is 14.8. The second kappa shape index (κ2) is 7.09. The second-order valence-electron chi connectivity index (χ2n) is 6.03. The molecule has 2 N–H and O–H groups in total. The molecule has 1 aliphatic heterocycles. The number of anilines is 1. The molecule has 0 atom stereocenters. The topological polar surface area (TPSA) is 91.0 Å². The first-order valence-electron chi connectivity index (χ1n) is 8.32. The summed E-state index contributed by atoms with van der Waals surface area (Å²) >= 11 is 1.58. The summed E-state index contributed by atoms with van der Waals surface area (Å²) in [5, 5.41) is 11.8. The van der Waals surface area contributed by atoms with E-state index in [2.05, 4.69) is 20.5 Å². The van der Waals surface area contributed by atoms with Crippen LogP contribution >= 0.6 is 11.3 Å². The van der Waals surface area contributed by atoms with Gasteiger partial charge in [0.2, 0.25) is 5.91 Å². The van der Waals surface area contributed by atoms with Crippen LogP contribution in [0.2, 0.25) is 0 Å². The van der Waals surface area contributed by atoms with E-state index in [1.165, 1.54) is 0 Å². The molecule has 0 unspecified atom stereocenters. The average molecular weight is 367 g/mol. The molecule has 0 radical (unpaired) electrons. The van der Waals surface area contributed by atoms with Crippen LogP contribution in [0.1, 0.15) is 28.9 Å². The van der Waals surface area contributed by atoms with Gasteiger partial charge < -0.3 is 10.2 Å². The van der Waals surface area contributed by atoms with Crippen LogP contribution < -0.4 is 10.2 Å². The fraction of sp³-hybridized carbons (Fsp3) is 0.222. The van der Waals surface area contributed by atoms with Crippen LogP contribution in [0.4, 0.5) is 5.69 Å². The van der Waals surface area contributed by atoms with Gasteiger partial charge in [0.15, 0.2) is 5.69 Å². The Morgan fingerprint density at radius 2 is 2.27 bits per heavy atom. The number of nitrogens with one attached hydrogen (secondary N) is 2. The van der Waals surface area contributed by atoms with Crippen molar-refractivity contribution in [1.29, 1.82) is 0 Å². The smallest absolute Gasteiger partial charge is 0.272 e. The largest absolute Gasteiger partial charge is 0.347 e. The molecule has 0 spiro atoms. The van der Waals surface area contributed by atoms with E-state index in [9.17, 15) is 9.59 Å². The van der Waals surface area contributed by atoms with E-state index in [1.54, 1.807) is 34.7 Å². The third-order valence-electron chi connectivity index (χ3n) is 4.22. The van der Waals surface area contributed by atoms with E-state index in [0.717, 1.165) is 34.8 Å². The molecule has 8 heteroatoms. The minimum atomic E-state index is -0.258. The molecule has 3 aromatic rings. The summed E-state index contributed by atoms with van der Waals surface area (Å²) < 4.78 is 0. The lowest BCUT2D eigenvalue weighted by atomic mass is 10.2. The monoisotopic (exact) mass is 367 g/mol. The van der Waals surface area contributed by atoms with Gasteiger partial charge in [-0.25, -0.2) is 0 Å². The van der Waals surface area contributed by atoms with Crippen LogP contribution in [0.5, 0.6) is 0 Å². The summed E-state index contributed by atoms with van der Waals surface area (Å²) in [5.74, 6) is -0.141. The van der Waals surface area contributed by atoms with Crippen LogP contribution in [0.15, 0.2) is 42.0 Å². The van der Waals surface area contributed by atoms with Crippen LogP contribution in [0, 0.1) is 0 Å². The zero-order valence-electron chi connectivity index (χ0n) is 13.9. The quantitative estimate of drug-likeness (QED) is 0.725. The van der Waals surface area contributed by atoms with Crippen molar-refractivity contribution in [2.75, 3.05) is 11.4 Å². The Bertz CT molecular complexity index is 935. The molecule has 26 heavy (non-hydrogen) atoms. The minimum Gasteiger partial charge on any atom is -0.347 e. The molecule has 4 heterocycles. The van der Waals surface area contributed by atoms with Gasteiger partial charge in [0.1, 0.15) is 0 Å². The fourth-order valence-corrected chi connectivity index (χ4v) is 3.60. The highest BCUT2D eigenvalue weighted by Crippen LogP contribution is 2.23. The van der Waals surface area contributed by atoms with Gasteiger partial charge in [0.05, 0.1) is 22.5 Å². The third-order valence-corrected chi connectivity index (χ3v) is 5.12. The summed E-state index contributed by atoms with van der Waals surface area (Å²) in [4.78, 5) is 31.1. The van der Waals surface area contributed by atoms with Gasteiger partial charge in [-0.2, -0.15) is 5.10 Å². The molecule has 2 amide bonds. The van der Waals surface area contributed by atoms with Crippen LogP contribution in [-0.2, 0) is 11.3 Å². The summed E-state index contributed by atoms with van der Waals surface area (Å²) in [6, 6.07) is 7.54. The van der Waals surface area contributed by atoms with Crippen LogP contribution in [-0.4, -0.2) is 33.5 Å². The Labute approximate surface area is 154 Å². The van der Waals surface area contributed by atoms with Crippen molar-refractivity contribution in [1.82, 2.24) is 20.5 Å². The first kappa shape index (κ1) is 16.5. The zero-order chi connectivity index (χ0) is 17.9. The van der Waals surface area contributed by atoms with Gasteiger partial charge in [-0.3, -0.25) is 19.7 Å². The number of amides is 2. The number of H-pyrrole nitrogens is 1. The SMILES string of the molecule is O=C(NCc1cncc(N2CCCC2=O)c1)c1cc(-c2cccs2)[nH]n1. The van der Waals surface area contributed by atoms with Crippen molar-refractivity contribution in [3.05, 3.63) is 53.3 Å². The molecule has 0 bridgehead atoms. The van der Waals surface area contributed by atoms with Crippen LogP contribution in [0.25, 0.3) is 10.6 Å². The summed E-state index contributed by atoms with van der Waals surface area (Å²) in [6.07, 6.45) is 4.81. The van der Waals surface area contributed by atoms with Crippen LogP contribution in [0.3, 0.4) is 0 Å². The molecule has 4 rings (SSSR count). The van der Waals surface area contributed by atoms with Crippen molar-refractivity contribution < 1.29 is 9.59 Å². The van der Waals surface area contributed by atoms with Gasteiger partial charge in [0.25, 0.3) is 5.91 Å². The van der Waals surface area contributed by atoms with E-state index in [4.69, 9.17) is 0 Å². The van der Waals surface area contributed by atoms with Crippen molar-refractivity contribution >= 4 is 28.8 Å². The van der Waals surface area contributed by atoms with E-state index in [0.29, 0.717) is 18.7 Å². The molecular formula is C18H17N5O2S. The second-order valence-corrected chi connectivity index (χ2v) is 6.97. The van der Waals surface area contributed by atoms with Crippen molar-refractivity contribution in [3.63, 3.8) is 0 Å². The van der Waals surface area contributed by atoms with Crippen molar-refractivity contribution in [2.24, 2.45) is 0 Å². The number of aromatic nitrogens is 3. The molecule has 1 fully saturated rings. The van der Waals surface area contributed by atoms with E-state index < -0.39 is 0 Å². The van der Waals surface area contributed by atoms with E-state index in [1.807, 2.05) is 23.6 Å². The summed E-state index contributed by atoms with van der Waals surface area (Å²) in [5.41, 5.74) is 2.78. The number of carbonyl (C=O) groups excluding carboxylic acids is 2. The Hall–Kier alpha value is -3.00. The van der Waals surface area contributed by atoms with Gasteiger partial charge >= 0.3 is 0 Å². The normalized spacial score (nSPS) is 14.0. The molecule has 0 aromatic carbocycles. The maximum atomic E-state index is 12.3. The Kier molecular flexibility index (Phi) is 4.49. The van der Waals surface area contributed by atoms with E-state index >= 15 is 0 Å². The lowest BCUT2D eigenvalue weighted by Gasteiger charge is -2.16. The molecule has 1 saturated heterocycles. The standard InChI is InChI=1S/C18H17N5O2S/c24-17-4-1-5-23(17)13-7-12(9-19-11-13)10-20-18(25)15-8-14(21-22-15)16-3-2-6-26-16/h2-3,6-9,11H,1,4-5,10H2,(H,20,25)(H,21,22).